The van der Waals surface area contributed by atoms with Gasteiger partial charge in [0.15, 0.2) is 0 Å². The van der Waals surface area contributed by atoms with Gasteiger partial charge < -0.3 is 9.80 Å². The maximum absolute atomic E-state index is 13.1. The molecule has 0 bridgehead atoms. The average molecular weight is 398 g/mol. The van der Waals surface area contributed by atoms with Gasteiger partial charge >= 0.3 is 0 Å². The van der Waals surface area contributed by atoms with Crippen molar-refractivity contribution in [2.24, 2.45) is 5.92 Å². The van der Waals surface area contributed by atoms with Crippen molar-refractivity contribution in [3.63, 3.8) is 0 Å². The quantitative estimate of drug-likeness (QED) is 0.779. The largest absolute Gasteiger partial charge is 0.339 e. The van der Waals surface area contributed by atoms with E-state index in [-0.39, 0.29) is 17.7 Å². The molecule has 7 nitrogen and oxygen atoms in total. The van der Waals surface area contributed by atoms with E-state index in [1.54, 1.807) is 0 Å². The second kappa shape index (κ2) is 7.67. The Morgan fingerprint density at radius 3 is 2.72 bits per heavy atom. The molecule has 1 aliphatic carbocycles. The molecule has 2 atom stereocenters. The third kappa shape index (κ3) is 3.54. The molecule has 0 unspecified atom stereocenters. The molecular weight excluding hydrogens is 366 g/mol. The normalized spacial score (nSPS) is 28.4. The van der Waals surface area contributed by atoms with Gasteiger partial charge in [0, 0.05) is 50.3 Å². The SMILES string of the molecule is CN1CCC[C@H]1c1ncc2c(n1)CCN(C(=O)[C@H]1CC(=O)N(C3CCCC3)C1)C2. The summed E-state index contributed by atoms with van der Waals surface area (Å²) in [7, 11) is 2.14. The number of aromatic nitrogens is 2. The first-order valence-electron chi connectivity index (χ1n) is 11.2. The van der Waals surface area contributed by atoms with Crippen LogP contribution in [0.3, 0.4) is 0 Å². The van der Waals surface area contributed by atoms with Crippen LogP contribution >= 0.6 is 0 Å². The van der Waals surface area contributed by atoms with Crippen molar-refractivity contribution in [3.05, 3.63) is 23.3 Å². The Bertz CT molecular complexity index is 806. The average Bonchev–Trinajstić information content (AvgIpc) is 3.47. The maximum Gasteiger partial charge on any atom is 0.228 e. The highest BCUT2D eigenvalue weighted by atomic mass is 16.2. The minimum Gasteiger partial charge on any atom is -0.339 e. The summed E-state index contributed by atoms with van der Waals surface area (Å²) in [4.78, 5) is 41.3. The zero-order chi connectivity index (χ0) is 20.0. The summed E-state index contributed by atoms with van der Waals surface area (Å²) in [6, 6.07) is 0.689. The molecule has 5 rings (SSSR count). The molecule has 1 aromatic heterocycles. The van der Waals surface area contributed by atoms with Crippen LogP contribution in [-0.2, 0) is 22.6 Å². The lowest BCUT2D eigenvalue weighted by Gasteiger charge is -2.31. The highest BCUT2D eigenvalue weighted by Gasteiger charge is 2.40. The fraction of sp³-hybridized carbons (Fsp3) is 0.727. The lowest BCUT2D eigenvalue weighted by Crippen LogP contribution is -2.42. The van der Waals surface area contributed by atoms with Crippen LogP contribution in [-0.4, -0.2) is 69.2 Å². The Morgan fingerprint density at radius 1 is 1.14 bits per heavy atom. The van der Waals surface area contributed by atoms with E-state index in [1.807, 2.05) is 16.0 Å². The van der Waals surface area contributed by atoms with Gasteiger partial charge in [-0.15, -0.1) is 0 Å². The predicted octanol–water partition coefficient (Wildman–Crippen LogP) is 1.92. The van der Waals surface area contributed by atoms with Crippen molar-refractivity contribution >= 4 is 11.8 Å². The summed E-state index contributed by atoms with van der Waals surface area (Å²) in [5, 5.41) is 0. The van der Waals surface area contributed by atoms with Crippen molar-refractivity contribution in [2.75, 3.05) is 26.7 Å². The van der Waals surface area contributed by atoms with E-state index >= 15 is 0 Å². The van der Waals surface area contributed by atoms with Crippen LogP contribution in [0.4, 0.5) is 0 Å². The topological polar surface area (TPSA) is 69.6 Å². The molecule has 2 saturated heterocycles. The second-order valence-electron chi connectivity index (χ2n) is 9.23. The van der Waals surface area contributed by atoms with E-state index in [0.717, 1.165) is 49.3 Å². The van der Waals surface area contributed by atoms with Crippen LogP contribution < -0.4 is 0 Å². The van der Waals surface area contributed by atoms with Gasteiger partial charge in [0.1, 0.15) is 5.82 Å². The van der Waals surface area contributed by atoms with Crippen molar-refractivity contribution in [3.8, 4) is 0 Å². The first-order chi connectivity index (χ1) is 14.1. The molecule has 3 fully saturated rings. The maximum atomic E-state index is 13.1. The highest BCUT2D eigenvalue weighted by molar-refractivity contribution is 5.89. The number of carbonyl (C=O) groups is 2. The summed E-state index contributed by atoms with van der Waals surface area (Å²) >= 11 is 0. The fourth-order valence-electron chi connectivity index (χ4n) is 5.64. The van der Waals surface area contributed by atoms with Crippen molar-refractivity contribution in [2.45, 2.75) is 70.0 Å². The molecule has 0 N–H and O–H groups in total. The summed E-state index contributed by atoms with van der Waals surface area (Å²) in [6.45, 7) is 2.97. The Kier molecular flexibility index (Phi) is 5.02. The zero-order valence-corrected chi connectivity index (χ0v) is 17.3. The third-order valence-electron chi connectivity index (χ3n) is 7.36. The molecular formula is C22H31N5O2. The zero-order valence-electron chi connectivity index (χ0n) is 17.3. The van der Waals surface area contributed by atoms with Crippen molar-refractivity contribution < 1.29 is 9.59 Å². The van der Waals surface area contributed by atoms with Gasteiger partial charge in [-0.3, -0.25) is 14.5 Å². The fourth-order valence-corrected chi connectivity index (χ4v) is 5.64. The number of carbonyl (C=O) groups excluding carboxylic acids is 2. The van der Waals surface area contributed by atoms with E-state index in [0.29, 0.717) is 38.1 Å². The van der Waals surface area contributed by atoms with Crippen molar-refractivity contribution in [1.82, 2.24) is 24.7 Å². The molecule has 4 aliphatic rings. The Morgan fingerprint density at radius 2 is 1.97 bits per heavy atom. The smallest absolute Gasteiger partial charge is 0.228 e. The van der Waals surface area contributed by atoms with Crippen LogP contribution in [0.2, 0.25) is 0 Å². The third-order valence-corrected chi connectivity index (χ3v) is 7.36. The molecule has 3 aliphatic heterocycles. The predicted molar refractivity (Wildman–Crippen MR) is 108 cm³/mol. The number of amides is 2. The number of nitrogens with zero attached hydrogens (tertiary/aromatic N) is 5. The first kappa shape index (κ1) is 19.0. The molecule has 1 saturated carbocycles. The number of hydrogen-bond donors (Lipinski definition) is 0. The highest BCUT2D eigenvalue weighted by Crippen LogP contribution is 2.32. The monoisotopic (exact) mass is 397 g/mol. The molecule has 1 aromatic rings. The number of rotatable bonds is 3. The standard InChI is InChI=1S/C22H31N5O2/c1-25-9-4-7-19(25)21-23-12-16-13-26(10-8-18(16)24-21)22(29)15-11-20(28)27(14-15)17-5-2-3-6-17/h12,15,17,19H,2-11,13-14H2,1H3/t15-,19-/m0/s1. The van der Waals surface area contributed by atoms with Gasteiger partial charge in [-0.25, -0.2) is 9.97 Å². The second-order valence-corrected chi connectivity index (χ2v) is 9.23. The van der Waals surface area contributed by atoms with E-state index in [9.17, 15) is 9.59 Å². The Balaban J connectivity index is 1.25. The van der Waals surface area contributed by atoms with Crippen LogP contribution in [0.1, 0.15) is 68.1 Å². The Labute approximate surface area is 172 Å². The molecule has 29 heavy (non-hydrogen) atoms. The molecule has 156 valence electrons. The molecule has 2 amide bonds. The van der Waals surface area contributed by atoms with Crippen LogP contribution in [0, 0.1) is 5.92 Å². The van der Waals surface area contributed by atoms with Gasteiger partial charge in [0.25, 0.3) is 0 Å². The summed E-state index contributed by atoms with van der Waals surface area (Å²) in [5.41, 5.74) is 2.15. The molecule has 0 spiro atoms. The van der Waals surface area contributed by atoms with Crippen LogP contribution in [0.25, 0.3) is 0 Å². The van der Waals surface area contributed by atoms with Gasteiger partial charge in [0.2, 0.25) is 11.8 Å². The summed E-state index contributed by atoms with van der Waals surface area (Å²) < 4.78 is 0. The van der Waals surface area contributed by atoms with Gasteiger partial charge in [-0.2, -0.15) is 0 Å². The van der Waals surface area contributed by atoms with E-state index in [1.165, 1.54) is 19.3 Å². The number of fused-ring (bicyclic) bond motifs is 1. The van der Waals surface area contributed by atoms with Gasteiger partial charge in [0.05, 0.1) is 17.7 Å². The van der Waals surface area contributed by atoms with E-state index in [2.05, 4.69) is 16.9 Å². The van der Waals surface area contributed by atoms with E-state index < -0.39 is 0 Å². The number of hydrogen-bond acceptors (Lipinski definition) is 5. The van der Waals surface area contributed by atoms with Crippen LogP contribution in [0.5, 0.6) is 0 Å². The first-order valence-corrected chi connectivity index (χ1v) is 11.2. The summed E-state index contributed by atoms with van der Waals surface area (Å²) in [6.07, 6.45) is 9.99. The van der Waals surface area contributed by atoms with E-state index in [4.69, 9.17) is 4.98 Å². The number of likely N-dealkylation sites (tertiary alicyclic amines) is 2. The molecule has 4 heterocycles. The molecule has 0 aromatic carbocycles. The molecule has 7 heteroatoms. The van der Waals surface area contributed by atoms with Crippen molar-refractivity contribution in [1.29, 1.82) is 0 Å². The van der Waals surface area contributed by atoms with Crippen LogP contribution in [0.15, 0.2) is 6.20 Å². The van der Waals surface area contributed by atoms with Gasteiger partial charge in [-0.1, -0.05) is 12.8 Å². The minimum absolute atomic E-state index is 0.129. The Hall–Kier alpha value is -2.02. The lowest BCUT2D eigenvalue weighted by molar-refractivity contribution is -0.136. The minimum atomic E-state index is -0.183. The lowest BCUT2D eigenvalue weighted by atomic mass is 10.0. The summed E-state index contributed by atoms with van der Waals surface area (Å²) in [5.74, 6) is 1.04. The van der Waals surface area contributed by atoms with Gasteiger partial charge in [-0.05, 0) is 39.3 Å². The molecule has 0 radical (unpaired) electrons.